The Morgan fingerprint density at radius 2 is 2.00 bits per heavy atom. The number of sulfonamides is 1. The average molecular weight is 638 g/mol. The zero-order valence-corrected chi connectivity index (χ0v) is 25.4. The molecular weight excluding hydrogens is 606 g/mol. The molecule has 0 aliphatic carbocycles. The van der Waals surface area contributed by atoms with Gasteiger partial charge in [-0.25, -0.2) is 13.4 Å². The third kappa shape index (κ3) is 5.56. The number of amides is 2. The first-order chi connectivity index (χ1) is 20.2. The van der Waals surface area contributed by atoms with Crippen LogP contribution < -0.4 is 5.32 Å². The van der Waals surface area contributed by atoms with Gasteiger partial charge in [0.2, 0.25) is 5.91 Å². The van der Waals surface area contributed by atoms with Crippen LogP contribution in [-0.2, 0) is 39.1 Å². The lowest BCUT2D eigenvalue weighted by molar-refractivity contribution is -0.136. The highest BCUT2D eigenvalue weighted by molar-refractivity contribution is 7.91. The Labute approximate surface area is 252 Å². The molecule has 3 aliphatic heterocycles. The van der Waals surface area contributed by atoms with Crippen molar-refractivity contribution < 1.29 is 32.3 Å². The molecule has 0 bridgehead atoms. The van der Waals surface area contributed by atoms with Crippen molar-refractivity contribution in [1.29, 1.82) is 0 Å². The molecule has 2 saturated heterocycles. The van der Waals surface area contributed by atoms with Gasteiger partial charge in [-0.15, -0.1) is 11.3 Å². The topological polar surface area (TPSA) is 146 Å². The van der Waals surface area contributed by atoms with E-state index in [1.54, 1.807) is 23.1 Å². The number of benzene rings is 1. The molecule has 12 nitrogen and oxygen atoms in total. The van der Waals surface area contributed by atoms with Gasteiger partial charge >= 0.3 is 5.91 Å². The Balaban J connectivity index is 1.30. The van der Waals surface area contributed by atoms with Crippen LogP contribution in [-0.4, -0.2) is 102 Å². The molecule has 226 valence electrons. The smallest absolute Gasteiger partial charge is 0.310 e. The van der Waals surface area contributed by atoms with E-state index in [9.17, 15) is 23.1 Å². The number of thiophene rings is 1. The van der Waals surface area contributed by atoms with E-state index in [1.165, 1.54) is 9.21 Å². The summed E-state index contributed by atoms with van der Waals surface area (Å²) in [7, 11) is -4.08. The maximum absolute atomic E-state index is 14.0. The molecular formula is C27H32ClN5O7S2. The van der Waals surface area contributed by atoms with Gasteiger partial charge in [0.25, 0.3) is 15.9 Å². The van der Waals surface area contributed by atoms with E-state index in [0.29, 0.717) is 65.7 Å². The Bertz CT molecular complexity index is 1620. The second-order valence-corrected chi connectivity index (χ2v) is 14.4. The van der Waals surface area contributed by atoms with Crippen LogP contribution >= 0.6 is 22.9 Å². The minimum absolute atomic E-state index is 0.00913. The second-order valence-electron chi connectivity index (χ2n) is 10.8. The summed E-state index contributed by atoms with van der Waals surface area (Å²) in [5.41, 5.74) is 1.03. The number of hydrogen-bond donors (Lipinski definition) is 2. The number of nitrogens with one attached hydrogen (secondary N) is 1. The number of aliphatic hydroxyl groups excluding tert-OH is 1. The van der Waals surface area contributed by atoms with Crippen molar-refractivity contribution in [3.05, 3.63) is 46.1 Å². The summed E-state index contributed by atoms with van der Waals surface area (Å²) in [4.78, 5) is 34.7. The molecule has 0 radical (unpaired) electrons. The minimum atomic E-state index is -4.08. The van der Waals surface area contributed by atoms with Crippen molar-refractivity contribution in [2.75, 3.05) is 45.9 Å². The summed E-state index contributed by atoms with van der Waals surface area (Å²) in [6.07, 6.45) is 0.566. The van der Waals surface area contributed by atoms with Crippen LogP contribution in [0.5, 0.6) is 0 Å². The predicted molar refractivity (Wildman–Crippen MR) is 155 cm³/mol. The van der Waals surface area contributed by atoms with Gasteiger partial charge < -0.3 is 29.4 Å². The lowest BCUT2D eigenvalue weighted by atomic mass is 10.1. The summed E-state index contributed by atoms with van der Waals surface area (Å²) >= 11 is 7.19. The molecule has 2 atom stereocenters. The summed E-state index contributed by atoms with van der Waals surface area (Å²) in [5, 5.41) is 14.5. The molecule has 1 aromatic carbocycles. The highest BCUT2D eigenvalue weighted by atomic mass is 35.5. The summed E-state index contributed by atoms with van der Waals surface area (Å²) in [6, 6.07) is 4.48. The van der Waals surface area contributed by atoms with Gasteiger partial charge in [-0.05, 0) is 24.4 Å². The fourth-order valence-electron chi connectivity index (χ4n) is 5.73. The molecule has 0 spiro atoms. The zero-order valence-electron chi connectivity index (χ0n) is 23.0. The standard InChI is InChI=1S/C27H32ClN5O7S2/c1-16-10-21-22(13-29-16)40-25(30-21)26(36)33-5-4-32(14-18(33)12-24(35)31-6-8-39-9-7-31)42(37,38)27-20(15-34)19-3-2-17(28)11-23(19)41-27/h2-3,11,16,18,29,34H,4-10,12-15H2,1H3. The quantitative estimate of drug-likeness (QED) is 0.413. The second kappa shape index (κ2) is 11.8. The number of ether oxygens (including phenoxy) is 1. The van der Waals surface area contributed by atoms with Crippen molar-refractivity contribution in [3.8, 4) is 0 Å². The number of fused-ring (bicyclic) bond motifs is 2. The van der Waals surface area contributed by atoms with Crippen LogP contribution in [0.25, 0.3) is 10.1 Å². The van der Waals surface area contributed by atoms with Crippen molar-refractivity contribution in [2.24, 2.45) is 0 Å². The van der Waals surface area contributed by atoms with Gasteiger partial charge in [-0.1, -0.05) is 17.7 Å². The number of halogens is 1. The Hall–Kier alpha value is -2.59. The van der Waals surface area contributed by atoms with Gasteiger partial charge in [0, 0.05) is 66.9 Å². The monoisotopic (exact) mass is 637 g/mol. The van der Waals surface area contributed by atoms with Crippen LogP contribution in [0.4, 0.5) is 0 Å². The summed E-state index contributed by atoms with van der Waals surface area (Å²) in [5.74, 6) is -0.0981. The lowest BCUT2D eigenvalue weighted by Crippen LogP contribution is -2.58. The van der Waals surface area contributed by atoms with E-state index in [-0.39, 0.29) is 48.1 Å². The average Bonchev–Trinajstić information content (AvgIpc) is 3.58. The first-order valence-corrected chi connectivity index (χ1v) is 16.5. The number of aliphatic hydroxyl groups is 1. The number of morpholine rings is 1. The largest absolute Gasteiger partial charge is 0.436 e. The minimum Gasteiger partial charge on any atom is -0.436 e. The Morgan fingerprint density at radius 3 is 2.76 bits per heavy atom. The number of nitrogens with zero attached hydrogens (tertiary/aromatic N) is 4. The number of carbonyl (C=O) groups excluding carboxylic acids is 2. The fourth-order valence-corrected chi connectivity index (χ4v) is 9.37. The highest BCUT2D eigenvalue weighted by Gasteiger charge is 2.41. The van der Waals surface area contributed by atoms with Crippen molar-refractivity contribution in [1.82, 2.24) is 24.4 Å². The van der Waals surface area contributed by atoms with Crippen molar-refractivity contribution in [3.63, 3.8) is 0 Å². The molecule has 42 heavy (non-hydrogen) atoms. The molecule has 6 rings (SSSR count). The van der Waals surface area contributed by atoms with Gasteiger partial charge in [0.15, 0.2) is 0 Å². The van der Waals surface area contributed by atoms with Gasteiger partial charge in [0.05, 0.1) is 38.1 Å². The van der Waals surface area contributed by atoms with E-state index < -0.39 is 28.6 Å². The summed E-state index contributed by atoms with van der Waals surface area (Å²) < 4.78 is 41.2. The molecule has 2 fully saturated rings. The van der Waals surface area contributed by atoms with E-state index in [1.807, 2.05) is 6.92 Å². The van der Waals surface area contributed by atoms with Gasteiger partial charge in [-0.2, -0.15) is 4.31 Å². The first kappa shape index (κ1) is 29.5. The van der Waals surface area contributed by atoms with Gasteiger partial charge in [0.1, 0.15) is 9.97 Å². The molecule has 3 aromatic rings. The number of hydrogen-bond acceptors (Lipinski definition) is 10. The zero-order chi connectivity index (χ0) is 29.6. The third-order valence-corrected chi connectivity index (χ3v) is 11.8. The van der Waals surface area contributed by atoms with E-state index >= 15 is 0 Å². The normalized spacial score (nSPS) is 22.0. The number of oxazole rings is 1. The van der Waals surface area contributed by atoms with Gasteiger partial charge in [-0.3, -0.25) is 9.59 Å². The Morgan fingerprint density at radius 1 is 1.21 bits per heavy atom. The highest BCUT2D eigenvalue weighted by Crippen LogP contribution is 2.38. The van der Waals surface area contributed by atoms with Crippen LogP contribution in [0.2, 0.25) is 5.02 Å². The first-order valence-electron chi connectivity index (χ1n) is 13.9. The number of rotatable bonds is 6. The van der Waals surface area contributed by atoms with Crippen LogP contribution in [0.15, 0.2) is 26.8 Å². The molecule has 5 heterocycles. The van der Waals surface area contributed by atoms with E-state index in [2.05, 4.69) is 10.3 Å². The van der Waals surface area contributed by atoms with Crippen LogP contribution in [0, 0.1) is 0 Å². The molecule has 2 unspecified atom stereocenters. The van der Waals surface area contributed by atoms with E-state index in [4.69, 9.17) is 20.8 Å². The number of carbonyl (C=O) groups is 2. The molecule has 15 heteroatoms. The van der Waals surface area contributed by atoms with E-state index in [0.717, 1.165) is 17.0 Å². The fraction of sp³-hybridized carbons (Fsp3) is 0.519. The Kier molecular flexibility index (Phi) is 8.30. The van der Waals surface area contributed by atoms with Crippen molar-refractivity contribution in [2.45, 2.75) is 49.2 Å². The van der Waals surface area contributed by atoms with Crippen LogP contribution in [0.3, 0.4) is 0 Å². The predicted octanol–water partition coefficient (Wildman–Crippen LogP) is 1.83. The van der Waals surface area contributed by atoms with Crippen LogP contribution in [0.1, 0.15) is 41.0 Å². The number of aromatic nitrogens is 1. The molecule has 3 aliphatic rings. The number of piperazine rings is 1. The molecule has 2 N–H and O–H groups in total. The SMILES string of the molecule is CC1Cc2nc(C(=O)N3CCN(S(=O)(=O)c4sc5cc(Cl)ccc5c4CO)CC3CC(=O)N3CCOCC3)oc2CN1. The molecule has 0 saturated carbocycles. The lowest BCUT2D eigenvalue weighted by Gasteiger charge is -2.40. The maximum atomic E-state index is 14.0. The maximum Gasteiger partial charge on any atom is 0.310 e. The molecule has 2 aromatic heterocycles. The molecule has 2 amide bonds. The third-order valence-electron chi connectivity index (χ3n) is 8.00. The van der Waals surface area contributed by atoms with Crippen molar-refractivity contribution >= 4 is 54.9 Å². The summed E-state index contributed by atoms with van der Waals surface area (Å²) in [6.45, 7) is 3.71.